The Morgan fingerprint density at radius 1 is 1.28 bits per heavy atom. The monoisotopic (exact) mass is 454 g/mol. The van der Waals surface area contributed by atoms with E-state index in [0.29, 0.717) is 28.1 Å². The smallest absolute Gasteiger partial charge is 0.271 e. The Hall–Kier alpha value is -2.89. The zero-order chi connectivity index (χ0) is 22.5. The summed E-state index contributed by atoms with van der Waals surface area (Å²) >= 11 is 6.08. The summed E-state index contributed by atoms with van der Waals surface area (Å²) in [5.74, 6) is 1.27. The molecule has 1 aromatic carbocycles. The number of anilines is 1. The van der Waals surface area contributed by atoms with Crippen LogP contribution in [-0.4, -0.2) is 53.7 Å². The number of carbonyl (C=O) groups is 1. The van der Waals surface area contributed by atoms with Gasteiger partial charge in [-0.3, -0.25) is 4.79 Å². The average molecular weight is 455 g/mol. The first-order chi connectivity index (χ1) is 15.5. The van der Waals surface area contributed by atoms with Crippen molar-refractivity contribution in [3.8, 4) is 11.8 Å². The van der Waals surface area contributed by atoms with Crippen molar-refractivity contribution in [2.45, 2.75) is 50.8 Å². The average Bonchev–Trinajstić information content (AvgIpc) is 2.80. The topological polar surface area (TPSA) is 103 Å². The van der Waals surface area contributed by atoms with Gasteiger partial charge in [0.1, 0.15) is 23.3 Å². The maximum Gasteiger partial charge on any atom is 0.271 e. The van der Waals surface area contributed by atoms with Crippen LogP contribution in [-0.2, 0) is 0 Å². The SMILES string of the molecule is C[C@@H]1CN(c2cnc(C(=O)NC3CCC(Oc4ccc(C#N)c(Cl)c4)CC3)cn2)CCN1. The fourth-order valence-electron chi connectivity index (χ4n) is 4.18. The number of ether oxygens (including phenoxy) is 1. The Kier molecular flexibility index (Phi) is 7.08. The maximum atomic E-state index is 12.6. The summed E-state index contributed by atoms with van der Waals surface area (Å²) in [5, 5.41) is 15.8. The van der Waals surface area contributed by atoms with Crippen LogP contribution in [0.3, 0.4) is 0 Å². The molecule has 0 unspecified atom stereocenters. The highest BCUT2D eigenvalue weighted by molar-refractivity contribution is 6.31. The van der Waals surface area contributed by atoms with Gasteiger partial charge < -0.3 is 20.3 Å². The predicted octanol–water partition coefficient (Wildman–Crippen LogP) is 2.92. The van der Waals surface area contributed by atoms with Crippen LogP contribution in [0.5, 0.6) is 5.75 Å². The molecule has 0 spiro atoms. The zero-order valence-corrected chi connectivity index (χ0v) is 18.8. The molecule has 0 radical (unpaired) electrons. The number of nitrogens with zero attached hydrogens (tertiary/aromatic N) is 4. The summed E-state index contributed by atoms with van der Waals surface area (Å²) in [7, 11) is 0. The number of amides is 1. The van der Waals surface area contributed by atoms with Gasteiger partial charge in [0.2, 0.25) is 0 Å². The quantitative estimate of drug-likeness (QED) is 0.715. The normalized spacial score (nSPS) is 23.3. The molecule has 2 fully saturated rings. The number of piperazine rings is 1. The lowest BCUT2D eigenvalue weighted by Crippen LogP contribution is -2.49. The van der Waals surface area contributed by atoms with Crippen LogP contribution in [0, 0.1) is 11.3 Å². The second-order valence-electron chi connectivity index (χ2n) is 8.38. The Morgan fingerprint density at radius 3 is 2.75 bits per heavy atom. The van der Waals surface area contributed by atoms with E-state index in [0.717, 1.165) is 51.1 Å². The van der Waals surface area contributed by atoms with Crippen molar-refractivity contribution in [1.82, 2.24) is 20.6 Å². The van der Waals surface area contributed by atoms with Crippen LogP contribution in [0.1, 0.15) is 48.7 Å². The largest absolute Gasteiger partial charge is 0.490 e. The minimum absolute atomic E-state index is 0.0626. The molecule has 1 aromatic heterocycles. The summed E-state index contributed by atoms with van der Waals surface area (Å²) in [5.41, 5.74) is 0.770. The number of rotatable bonds is 5. The van der Waals surface area contributed by atoms with Gasteiger partial charge in [0.25, 0.3) is 5.91 Å². The van der Waals surface area contributed by atoms with Crippen LogP contribution < -0.4 is 20.3 Å². The molecule has 4 rings (SSSR count). The highest BCUT2D eigenvalue weighted by Gasteiger charge is 2.25. The fraction of sp³-hybridized carbons (Fsp3) is 0.478. The van der Waals surface area contributed by atoms with Crippen LogP contribution in [0.15, 0.2) is 30.6 Å². The second kappa shape index (κ2) is 10.2. The number of hydrogen-bond acceptors (Lipinski definition) is 7. The van der Waals surface area contributed by atoms with Gasteiger partial charge in [-0.05, 0) is 44.7 Å². The van der Waals surface area contributed by atoms with Crippen molar-refractivity contribution in [3.05, 3.63) is 46.9 Å². The molecule has 32 heavy (non-hydrogen) atoms. The minimum atomic E-state index is -0.194. The molecule has 8 nitrogen and oxygen atoms in total. The van der Waals surface area contributed by atoms with Crippen LogP contribution >= 0.6 is 11.6 Å². The summed E-state index contributed by atoms with van der Waals surface area (Å²) in [4.78, 5) is 23.6. The molecule has 1 aliphatic heterocycles. The molecular weight excluding hydrogens is 428 g/mol. The number of carbonyl (C=O) groups excluding carboxylic acids is 1. The molecule has 2 N–H and O–H groups in total. The third-order valence-corrected chi connectivity index (χ3v) is 6.25. The molecule has 2 aromatic rings. The number of nitriles is 1. The second-order valence-corrected chi connectivity index (χ2v) is 8.79. The summed E-state index contributed by atoms with van der Waals surface area (Å²) in [6.45, 7) is 4.81. The number of aromatic nitrogens is 2. The number of benzene rings is 1. The molecule has 1 saturated heterocycles. The Balaban J connectivity index is 1.25. The fourth-order valence-corrected chi connectivity index (χ4v) is 4.39. The lowest BCUT2D eigenvalue weighted by Gasteiger charge is -2.32. The van der Waals surface area contributed by atoms with E-state index >= 15 is 0 Å². The highest BCUT2D eigenvalue weighted by Crippen LogP contribution is 2.27. The van der Waals surface area contributed by atoms with Gasteiger partial charge in [-0.25, -0.2) is 9.97 Å². The van der Waals surface area contributed by atoms with Gasteiger partial charge in [0.15, 0.2) is 0 Å². The molecule has 2 aliphatic rings. The molecular formula is C23H27ClN6O2. The van der Waals surface area contributed by atoms with Crippen molar-refractivity contribution < 1.29 is 9.53 Å². The van der Waals surface area contributed by atoms with E-state index in [1.165, 1.54) is 0 Å². The first-order valence-electron chi connectivity index (χ1n) is 11.0. The molecule has 0 bridgehead atoms. The van der Waals surface area contributed by atoms with Crippen molar-refractivity contribution in [1.29, 1.82) is 5.26 Å². The van der Waals surface area contributed by atoms with Gasteiger partial charge in [0, 0.05) is 37.8 Å². The van der Waals surface area contributed by atoms with Crippen molar-refractivity contribution in [2.24, 2.45) is 0 Å². The molecule has 1 aliphatic carbocycles. The van der Waals surface area contributed by atoms with Gasteiger partial charge in [-0.15, -0.1) is 0 Å². The van der Waals surface area contributed by atoms with Gasteiger partial charge in [-0.1, -0.05) is 11.6 Å². The third kappa shape index (κ3) is 5.47. The van der Waals surface area contributed by atoms with E-state index < -0.39 is 0 Å². The number of halogens is 1. The Labute approximate surface area is 192 Å². The summed E-state index contributed by atoms with van der Waals surface area (Å²) < 4.78 is 6.01. The molecule has 168 valence electrons. The lowest BCUT2D eigenvalue weighted by molar-refractivity contribution is 0.0888. The Morgan fingerprint density at radius 2 is 2.09 bits per heavy atom. The van der Waals surface area contributed by atoms with Gasteiger partial charge in [-0.2, -0.15) is 5.26 Å². The van der Waals surface area contributed by atoms with E-state index in [2.05, 4.69) is 32.4 Å². The van der Waals surface area contributed by atoms with Crippen LogP contribution in [0.25, 0.3) is 0 Å². The van der Waals surface area contributed by atoms with E-state index in [9.17, 15) is 4.79 Å². The highest BCUT2D eigenvalue weighted by atomic mass is 35.5. The molecule has 1 atom stereocenters. The molecule has 2 heterocycles. The lowest BCUT2D eigenvalue weighted by atomic mass is 9.93. The number of hydrogen-bond donors (Lipinski definition) is 2. The van der Waals surface area contributed by atoms with Gasteiger partial charge >= 0.3 is 0 Å². The van der Waals surface area contributed by atoms with E-state index in [1.54, 1.807) is 30.6 Å². The standard InChI is InChI=1S/C23H27ClN6O2/c1-15-14-30(9-8-26-15)22-13-27-21(12-28-22)23(31)29-17-3-6-18(7-4-17)32-19-5-2-16(11-25)20(24)10-19/h2,5,10,12-13,15,17-18,26H,3-4,6-9,14H2,1H3,(H,29,31)/t15-,17?,18?/m1/s1. The molecule has 1 saturated carbocycles. The van der Waals surface area contributed by atoms with Crippen molar-refractivity contribution in [2.75, 3.05) is 24.5 Å². The predicted molar refractivity (Wildman–Crippen MR) is 122 cm³/mol. The van der Waals surface area contributed by atoms with E-state index in [1.807, 2.05) is 6.07 Å². The first kappa shape index (κ1) is 22.3. The van der Waals surface area contributed by atoms with E-state index in [-0.39, 0.29) is 18.1 Å². The van der Waals surface area contributed by atoms with Crippen molar-refractivity contribution >= 4 is 23.3 Å². The third-order valence-electron chi connectivity index (χ3n) is 5.94. The first-order valence-corrected chi connectivity index (χ1v) is 11.4. The minimum Gasteiger partial charge on any atom is -0.490 e. The van der Waals surface area contributed by atoms with E-state index in [4.69, 9.17) is 21.6 Å². The molecule has 1 amide bonds. The van der Waals surface area contributed by atoms with Gasteiger partial charge in [0.05, 0.1) is 29.1 Å². The maximum absolute atomic E-state index is 12.6. The van der Waals surface area contributed by atoms with Crippen LogP contribution in [0.4, 0.5) is 5.82 Å². The van der Waals surface area contributed by atoms with Crippen molar-refractivity contribution in [3.63, 3.8) is 0 Å². The Bertz CT molecular complexity index is 985. The molecule has 9 heteroatoms. The van der Waals surface area contributed by atoms with Crippen LogP contribution in [0.2, 0.25) is 5.02 Å². The summed E-state index contributed by atoms with van der Waals surface area (Å²) in [6, 6.07) is 7.64. The number of nitrogens with one attached hydrogen (secondary N) is 2. The zero-order valence-electron chi connectivity index (χ0n) is 18.1. The summed E-state index contributed by atoms with van der Waals surface area (Å²) in [6.07, 6.45) is 6.60.